The van der Waals surface area contributed by atoms with Gasteiger partial charge in [0.25, 0.3) is 5.91 Å². The lowest BCUT2D eigenvalue weighted by Gasteiger charge is -2.53. The van der Waals surface area contributed by atoms with Gasteiger partial charge in [-0.1, -0.05) is 18.2 Å². The fourth-order valence-electron chi connectivity index (χ4n) is 5.60. The van der Waals surface area contributed by atoms with Crippen LogP contribution in [0.1, 0.15) is 29.9 Å². The van der Waals surface area contributed by atoms with Crippen molar-refractivity contribution in [2.24, 2.45) is 5.41 Å². The first-order valence-corrected chi connectivity index (χ1v) is 11.8. The third-order valence-electron chi connectivity index (χ3n) is 7.23. The highest BCUT2D eigenvalue weighted by atomic mass is 19.1. The van der Waals surface area contributed by atoms with Crippen molar-refractivity contribution in [2.75, 3.05) is 40.0 Å². The van der Waals surface area contributed by atoms with Gasteiger partial charge in [0.05, 0.1) is 26.9 Å². The van der Waals surface area contributed by atoms with E-state index in [0.717, 1.165) is 16.7 Å². The number of halogens is 1. The molecule has 2 aliphatic heterocycles. The number of carbonyl (C=O) groups excluding carboxylic acids is 3. The molecule has 0 aromatic heterocycles. The molecule has 2 heterocycles. The largest absolute Gasteiger partial charge is 0.496 e. The first kappa shape index (κ1) is 23.6. The van der Waals surface area contributed by atoms with Gasteiger partial charge in [-0.3, -0.25) is 14.4 Å². The minimum atomic E-state index is -0.891. The van der Waals surface area contributed by atoms with Crippen molar-refractivity contribution in [1.82, 2.24) is 4.90 Å². The SMILES string of the molecule is COc1cc(-c2ccc(F)cc2)cc(C)c1C1C(=O)CC2(CC1=O)CN(C(=O)C1COCCO1)C2. The lowest BCUT2D eigenvalue weighted by Crippen LogP contribution is -2.64. The summed E-state index contributed by atoms with van der Waals surface area (Å²) in [5.74, 6) is -1.20. The summed E-state index contributed by atoms with van der Waals surface area (Å²) >= 11 is 0. The van der Waals surface area contributed by atoms with Crippen LogP contribution in [-0.2, 0) is 23.9 Å². The summed E-state index contributed by atoms with van der Waals surface area (Å²) in [7, 11) is 1.51. The van der Waals surface area contributed by atoms with E-state index in [0.29, 0.717) is 37.6 Å². The zero-order chi connectivity index (χ0) is 24.7. The van der Waals surface area contributed by atoms with Crippen LogP contribution in [0.3, 0.4) is 0 Å². The van der Waals surface area contributed by atoms with Gasteiger partial charge in [0, 0.05) is 36.9 Å². The van der Waals surface area contributed by atoms with E-state index < -0.39 is 17.4 Å². The van der Waals surface area contributed by atoms with Gasteiger partial charge in [-0.25, -0.2) is 4.39 Å². The Morgan fingerprint density at radius 2 is 1.74 bits per heavy atom. The summed E-state index contributed by atoms with van der Waals surface area (Å²) in [5.41, 5.74) is 2.48. The Balaban J connectivity index is 1.34. The van der Waals surface area contributed by atoms with Gasteiger partial charge in [-0.2, -0.15) is 0 Å². The smallest absolute Gasteiger partial charge is 0.254 e. The van der Waals surface area contributed by atoms with Gasteiger partial charge >= 0.3 is 0 Å². The zero-order valence-electron chi connectivity index (χ0n) is 19.8. The molecule has 8 heteroatoms. The molecule has 3 aliphatic rings. The highest BCUT2D eigenvalue weighted by Crippen LogP contribution is 2.47. The Hall–Kier alpha value is -3.10. The van der Waals surface area contributed by atoms with Crippen LogP contribution in [0.15, 0.2) is 36.4 Å². The highest BCUT2D eigenvalue weighted by Gasteiger charge is 2.54. The Labute approximate surface area is 203 Å². The van der Waals surface area contributed by atoms with Crippen LogP contribution in [0.2, 0.25) is 0 Å². The number of likely N-dealkylation sites (tertiary alicyclic amines) is 1. The summed E-state index contributed by atoms with van der Waals surface area (Å²) in [5, 5.41) is 0. The number of rotatable bonds is 4. The Bertz CT molecular complexity index is 1140. The number of hydrogen-bond acceptors (Lipinski definition) is 6. The van der Waals surface area contributed by atoms with Crippen LogP contribution in [0, 0.1) is 18.2 Å². The van der Waals surface area contributed by atoms with E-state index in [1.807, 2.05) is 13.0 Å². The molecule has 1 atom stereocenters. The first-order valence-electron chi connectivity index (χ1n) is 11.8. The molecule has 2 aromatic carbocycles. The number of amides is 1. The molecule has 35 heavy (non-hydrogen) atoms. The van der Waals surface area contributed by atoms with Crippen LogP contribution >= 0.6 is 0 Å². The van der Waals surface area contributed by atoms with Crippen LogP contribution in [0.25, 0.3) is 11.1 Å². The first-order chi connectivity index (χ1) is 16.8. The van der Waals surface area contributed by atoms with Crippen molar-refractivity contribution < 1.29 is 33.0 Å². The Kier molecular flexibility index (Phi) is 6.19. The summed E-state index contributed by atoms with van der Waals surface area (Å²) in [6.45, 7) is 3.69. The minimum absolute atomic E-state index is 0.147. The number of benzene rings is 2. The molecule has 0 bridgehead atoms. The molecule has 1 unspecified atom stereocenters. The highest BCUT2D eigenvalue weighted by molar-refractivity contribution is 6.11. The van der Waals surface area contributed by atoms with E-state index in [2.05, 4.69) is 0 Å². The number of methoxy groups -OCH3 is 1. The molecule has 0 N–H and O–H groups in total. The maximum absolute atomic E-state index is 13.3. The molecule has 1 amide bonds. The number of ether oxygens (including phenoxy) is 3. The lowest BCUT2D eigenvalue weighted by molar-refractivity contribution is -0.173. The van der Waals surface area contributed by atoms with Crippen molar-refractivity contribution in [2.45, 2.75) is 31.8 Å². The topological polar surface area (TPSA) is 82.1 Å². The molecule has 2 saturated heterocycles. The van der Waals surface area contributed by atoms with Gasteiger partial charge in [0.1, 0.15) is 29.1 Å². The summed E-state index contributed by atoms with van der Waals surface area (Å²) < 4.78 is 29.8. The van der Waals surface area contributed by atoms with Gasteiger partial charge in [-0.05, 0) is 41.8 Å². The van der Waals surface area contributed by atoms with Gasteiger partial charge in [0.15, 0.2) is 6.10 Å². The fourth-order valence-corrected chi connectivity index (χ4v) is 5.60. The Morgan fingerprint density at radius 3 is 2.34 bits per heavy atom. The predicted octanol–water partition coefficient (Wildman–Crippen LogP) is 3.07. The number of nitrogens with zero attached hydrogens (tertiary/aromatic N) is 1. The monoisotopic (exact) mass is 481 g/mol. The van der Waals surface area contributed by atoms with Crippen LogP contribution in [0.5, 0.6) is 5.75 Å². The molecule has 1 spiro atoms. The molecule has 1 aliphatic carbocycles. The van der Waals surface area contributed by atoms with E-state index in [9.17, 15) is 18.8 Å². The second kappa shape index (κ2) is 9.17. The van der Waals surface area contributed by atoms with Crippen LogP contribution in [0.4, 0.5) is 4.39 Å². The molecule has 1 saturated carbocycles. The normalized spacial score (nSPS) is 22.3. The van der Waals surface area contributed by atoms with Gasteiger partial charge in [-0.15, -0.1) is 0 Å². The van der Waals surface area contributed by atoms with Crippen LogP contribution in [-0.4, -0.2) is 68.5 Å². The quantitative estimate of drug-likeness (QED) is 0.625. The molecule has 2 aromatic rings. The maximum Gasteiger partial charge on any atom is 0.254 e. The third-order valence-corrected chi connectivity index (χ3v) is 7.23. The molecule has 184 valence electrons. The molecular weight excluding hydrogens is 453 g/mol. The van der Waals surface area contributed by atoms with E-state index in [1.165, 1.54) is 19.2 Å². The second-order valence-corrected chi connectivity index (χ2v) is 9.76. The lowest BCUT2D eigenvalue weighted by atomic mass is 9.63. The summed E-state index contributed by atoms with van der Waals surface area (Å²) in [6.07, 6.45) is -0.148. The number of aryl methyl sites for hydroxylation is 1. The molecule has 3 fully saturated rings. The van der Waals surface area contributed by atoms with Crippen LogP contribution < -0.4 is 4.74 Å². The molecule has 5 rings (SSSR count). The van der Waals surface area contributed by atoms with Crippen molar-refractivity contribution in [3.63, 3.8) is 0 Å². The number of Topliss-reactive ketones (excluding diaryl/α,β-unsaturated/α-hetero) is 2. The maximum atomic E-state index is 13.3. The van der Waals surface area contributed by atoms with Gasteiger partial charge in [0.2, 0.25) is 0 Å². The Morgan fingerprint density at radius 1 is 1.06 bits per heavy atom. The number of hydrogen-bond donors (Lipinski definition) is 0. The molecular formula is C27H28FNO6. The number of ketones is 2. The van der Waals surface area contributed by atoms with Crippen molar-refractivity contribution in [3.8, 4) is 16.9 Å². The van der Waals surface area contributed by atoms with Crippen molar-refractivity contribution >= 4 is 17.5 Å². The minimum Gasteiger partial charge on any atom is -0.496 e. The fraction of sp³-hybridized carbons (Fsp3) is 0.444. The average molecular weight is 482 g/mol. The average Bonchev–Trinajstić information content (AvgIpc) is 2.83. The molecule has 7 nitrogen and oxygen atoms in total. The standard InChI is InChI=1S/C27H28FNO6/c1-16-9-18(17-3-5-19(28)6-4-17)10-22(33-2)24(16)25-20(30)11-27(12-21(25)31)14-29(15-27)26(32)23-13-34-7-8-35-23/h3-6,9-10,23,25H,7-8,11-15H2,1-2H3. The van der Waals surface area contributed by atoms with E-state index in [4.69, 9.17) is 14.2 Å². The predicted molar refractivity (Wildman–Crippen MR) is 125 cm³/mol. The van der Waals surface area contributed by atoms with E-state index in [1.54, 1.807) is 23.1 Å². The summed E-state index contributed by atoms with van der Waals surface area (Å²) in [6, 6.07) is 9.82. The second-order valence-electron chi connectivity index (χ2n) is 9.76. The van der Waals surface area contributed by atoms with Gasteiger partial charge < -0.3 is 19.1 Å². The molecule has 0 radical (unpaired) electrons. The van der Waals surface area contributed by atoms with E-state index in [-0.39, 0.29) is 42.7 Å². The number of carbonyl (C=O) groups is 3. The van der Waals surface area contributed by atoms with E-state index >= 15 is 0 Å². The zero-order valence-corrected chi connectivity index (χ0v) is 19.8. The van der Waals surface area contributed by atoms with Crippen molar-refractivity contribution in [1.29, 1.82) is 0 Å². The summed E-state index contributed by atoms with van der Waals surface area (Å²) in [4.78, 5) is 41.0. The third kappa shape index (κ3) is 4.36. The van der Waals surface area contributed by atoms with Crippen molar-refractivity contribution in [3.05, 3.63) is 53.3 Å².